The zero-order valence-electron chi connectivity index (χ0n) is 10.9. The molecule has 0 unspecified atom stereocenters. The summed E-state index contributed by atoms with van der Waals surface area (Å²) in [6.07, 6.45) is 0. The third-order valence-electron chi connectivity index (χ3n) is 3.02. The van der Waals surface area contributed by atoms with E-state index in [1.807, 2.05) is 6.92 Å². The number of aromatic nitrogens is 3. The molecule has 1 aliphatic heterocycles. The highest BCUT2D eigenvalue weighted by atomic mass is 16.2. The van der Waals surface area contributed by atoms with Crippen LogP contribution in [-0.4, -0.2) is 70.7 Å². The maximum absolute atomic E-state index is 12.0. The highest BCUT2D eigenvalue weighted by Crippen LogP contribution is 1.99. The highest BCUT2D eigenvalue weighted by Gasteiger charge is 2.17. The predicted octanol–water partition coefficient (Wildman–Crippen LogP) is -1.02. The molecule has 7 nitrogen and oxygen atoms in total. The van der Waals surface area contributed by atoms with Gasteiger partial charge in [-0.05, 0) is 6.92 Å². The lowest BCUT2D eigenvalue weighted by atomic mass is 10.3. The number of carbonyl (C=O) groups excluding carboxylic acids is 1. The van der Waals surface area contributed by atoms with Gasteiger partial charge in [0.15, 0.2) is 5.82 Å². The standard InChI is InChI=1S/C11H20N6O/c1-9-13-10(15-14-9)7-16(2)11(18)8-17-5-3-12-4-6-17/h12H,3-8H2,1-2H3,(H,13,14,15). The first-order valence-electron chi connectivity index (χ1n) is 6.20. The Labute approximate surface area is 107 Å². The van der Waals surface area contributed by atoms with Gasteiger partial charge in [0.25, 0.3) is 0 Å². The number of aromatic amines is 1. The van der Waals surface area contributed by atoms with E-state index < -0.39 is 0 Å². The number of nitrogens with one attached hydrogen (secondary N) is 2. The Bertz CT molecular complexity index is 398. The molecular weight excluding hydrogens is 232 g/mol. The summed E-state index contributed by atoms with van der Waals surface area (Å²) in [5.74, 6) is 1.54. The van der Waals surface area contributed by atoms with Crippen molar-refractivity contribution in [1.82, 2.24) is 30.3 Å². The summed E-state index contributed by atoms with van der Waals surface area (Å²) >= 11 is 0. The van der Waals surface area contributed by atoms with Crippen LogP contribution in [0, 0.1) is 6.92 Å². The monoisotopic (exact) mass is 252 g/mol. The molecule has 2 rings (SSSR count). The molecule has 1 amide bonds. The number of hydrogen-bond donors (Lipinski definition) is 2. The van der Waals surface area contributed by atoms with E-state index in [1.165, 1.54) is 0 Å². The Morgan fingerprint density at radius 2 is 2.17 bits per heavy atom. The lowest BCUT2D eigenvalue weighted by Gasteiger charge is -2.28. The molecule has 0 aliphatic carbocycles. The van der Waals surface area contributed by atoms with E-state index in [-0.39, 0.29) is 5.91 Å². The van der Waals surface area contributed by atoms with Gasteiger partial charge in [-0.1, -0.05) is 0 Å². The minimum Gasteiger partial charge on any atom is -0.337 e. The summed E-state index contributed by atoms with van der Waals surface area (Å²) in [6.45, 7) is 6.54. The maximum Gasteiger partial charge on any atom is 0.236 e. The molecule has 0 spiro atoms. The van der Waals surface area contributed by atoms with E-state index in [0.717, 1.165) is 32.0 Å². The SMILES string of the molecule is Cc1nc(CN(C)C(=O)CN2CCNCC2)n[nH]1. The van der Waals surface area contributed by atoms with Crippen molar-refractivity contribution in [3.63, 3.8) is 0 Å². The summed E-state index contributed by atoms with van der Waals surface area (Å²) in [5, 5.41) is 10.1. The van der Waals surface area contributed by atoms with Crippen molar-refractivity contribution in [3.8, 4) is 0 Å². The van der Waals surface area contributed by atoms with Gasteiger partial charge >= 0.3 is 0 Å². The van der Waals surface area contributed by atoms with Crippen LogP contribution < -0.4 is 5.32 Å². The molecule has 0 saturated carbocycles. The van der Waals surface area contributed by atoms with Crippen LogP contribution in [0.5, 0.6) is 0 Å². The van der Waals surface area contributed by atoms with E-state index in [4.69, 9.17) is 0 Å². The molecule has 1 aromatic rings. The zero-order chi connectivity index (χ0) is 13.0. The van der Waals surface area contributed by atoms with Crippen molar-refractivity contribution in [2.24, 2.45) is 0 Å². The van der Waals surface area contributed by atoms with Crippen LogP contribution >= 0.6 is 0 Å². The molecule has 1 fully saturated rings. The summed E-state index contributed by atoms with van der Waals surface area (Å²) in [5.41, 5.74) is 0. The molecule has 7 heteroatoms. The smallest absolute Gasteiger partial charge is 0.236 e. The van der Waals surface area contributed by atoms with Gasteiger partial charge in [0, 0.05) is 33.2 Å². The Balaban J connectivity index is 1.80. The molecule has 18 heavy (non-hydrogen) atoms. The van der Waals surface area contributed by atoms with E-state index in [1.54, 1.807) is 11.9 Å². The number of likely N-dealkylation sites (N-methyl/N-ethyl adjacent to an activating group) is 1. The molecule has 2 N–H and O–H groups in total. The van der Waals surface area contributed by atoms with E-state index in [9.17, 15) is 4.79 Å². The van der Waals surface area contributed by atoms with Gasteiger partial charge < -0.3 is 10.2 Å². The Morgan fingerprint density at radius 3 is 2.78 bits per heavy atom. The molecule has 1 aromatic heterocycles. The first-order chi connectivity index (χ1) is 8.65. The van der Waals surface area contributed by atoms with Crippen molar-refractivity contribution in [3.05, 3.63) is 11.6 Å². The third-order valence-corrected chi connectivity index (χ3v) is 3.02. The normalized spacial score (nSPS) is 16.8. The number of nitrogens with zero attached hydrogens (tertiary/aromatic N) is 4. The zero-order valence-corrected chi connectivity index (χ0v) is 10.9. The average molecular weight is 252 g/mol. The second kappa shape index (κ2) is 5.92. The van der Waals surface area contributed by atoms with Crippen LogP contribution in [0.25, 0.3) is 0 Å². The minimum absolute atomic E-state index is 0.111. The van der Waals surface area contributed by atoms with Gasteiger partial charge in [0.1, 0.15) is 5.82 Å². The summed E-state index contributed by atoms with van der Waals surface area (Å²) < 4.78 is 0. The largest absolute Gasteiger partial charge is 0.337 e. The fourth-order valence-corrected chi connectivity index (χ4v) is 1.94. The van der Waals surface area contributed by atoms with E-state index in [2.05, 4.69) is 25.4 Å². The van der Waals surface area contributed by atoms with E-state index in [0.29, 0.717) is 18.9 Å². The molecule has 0 atom stereocenters. The number of hydrogen-bond acceptors (Lipinski definition) is 5. The molecule has 0 bridgehead atoms. The van der Waals surface area contributed by atoms with Crippen LogP contribution in [0.3, 0.4) is 0 Å². The van der Waals surface area contributed by atoms with Crippen molar-refractivity contribution >= 4 is 5.91 Å². The van der Waals surface area contributed by atoms with Gasteiger partial charge in [-0.2, -0.15) is 5.10 Å². The Morgan fingerprint density at radius 1 is 1.44 bits per heavy atom. The van der Waals surface area contributed by atoms with Gasteiger partial charge in [-0.3, -0.25) is 14.8 Å². The lowest BCUT2D eigenvalue weighted by Crippen LogP contribution is -2.47. The fraction of sp³-hybridized carbons (Fsp3) is 0.727. The van der Waals surface area contributed by atoms with Crippen molar-refractivity contribution in [1.29, 1.82) is 0 Å². The molecular formula is C11H20N6O. The van der Waals surface area contributed by atoms with Gasteiger partial charge in [0.2, 0.25) is 5.91 Å². The molecule has 1 saturated heterocycles. The number of carbonyl (C=O) groups is 1. The fourth-order valence-electron chi connectivity index (χ4n) is 1.94. The van der Waals surface area contributed by atoms with Crippen molar-refractivity contribution in [2.45, 2.75) is 13.5 Å². The number of piperazine rings is 1. The maximum atomic E-state index is 12.0. The second-order valence-corrected chi connectivity index (χ2v) is 4.61. The molecule has 2 heterocycles. The number of H-pyrrole nitrogens is 1. The van der Waals surface area contributed by atoms with Gasteiger partial charge in [-0.15, -0.1) is 0 Å². The predicted molar refractivity (Wildman–Crippen MR) is 66.9 cm³/mol. The summed E-state index contributed by atoms with van der Waals surface area (Å²) in [7, 11) is 1.79. The lowest BCUT2D eigenvalue weighted by molar-refractivity contribution is -0.131. The highest BCUT2D eigenvalue weighted by molar-refractivity contribution is 5.77. The molecule has 0 radical (unpaired) electrons. The molecule has 100 valence electrons. The first kappa shape index (κ1) is 13.0. The number of amides is 1. The second-order valence-electron chi connectivity index (χ2n) is 4.61. The van der Waals surface area contributed by atoms with Crippen LogP contribution in [0.2, 0.25) is 0 Å². The van der Waals surface area contributed by atoms with Crippen LogP contribution in [0.4, 0.5) is 0 Å². The van der Waals surface area contributed by atoms with Crippen molar-refractivity contribution < 1.29 is 4.79 Å². The Kier molecular flexibility index (Phi) is 4.27. The van der Waals surface area contributed by atoms with Crippen LogP contribution in [-0.2, 0) is 11.3 Å². The number of rotatable bonds is 4. The number of aryl methyl sites for hydroxylation is 1. The van der Waals surface area contributed by atoms with Crippen molar-refractivity contribution in [2.75, 3.05) is 39.8 Å². The minimum atomic E-state index is 0.111. The quantitative estimate of drug-likeness (QED) is 0.717. The topological polar surface area (TPSA) is 77.2 Å². The Hall–Kier alpha value is -1.47. The summed E-state index contributed by atoms with van der Waals surface area (Å²) in [4.78, 5) is 20.1. The van der Waals surface area contributed by atoms with Gasteiger partial charge in [0.05, 0.1) is 13.1 Å². The molecule has 1 aliphatic rings. The van der Waals surface area contributed by atoms with Crippen LogP contribution in [0.15, 0.2) is 0 Å². The third kappa shape index (κ3) is 3.51. The van der Waals surface area contributed by atoms with Gasteiger partial charge in [-0.25, -0.2) is 4.98 Å². The first-order valence-corrected chi connectivity index (χ1v) is 6.20. The average Bonchev–Trinajstić information content (AvgIpc) is 2.76. The van der Waals surface area contributed by atoms with E-state index >= 15 is 0 Å². The summed E-state index contributed by atoms with van der Waals surface area (Å²) in [6, 6.07) is 0. The molecule has 0 aromatic carbocycles. The van der Waals surface area contributed by atoms with Crippen LogP contribution in [0.1, 0.15) is 11.6 Å².